The van der Waals surface area contributed by atoms with Crippen molar-refractivity contribution in [1.82, 2.24) is 30.3 Å². The van der Waals surface area contributed by atoms with Gasteiger partial charge in [-0.2, -0.15) is 10.1 Å². The third-order valence-electron chi connectivity index (χ3n) is 4.35. The van der Waals surface area contributed by atoms with E-state index in [1.54, 1.807) is 30.7 Å². The molecule has 9 nitrogen and oxygen atoms in total. The largest absolute Gasteiger partial charge is 0.340 e. The maximum Gasteiger partial charge on any atom is 0.340 e. The summed E-state index contributed by atoms with van der Waals surface area (Å²) in [5, 5.41) is 8.25. The predicted octanol–water partition coefficient (Wildman–Crippen LogP) is 2.70. The number of amides is 1. The van der Waals surface area contributed by atoms with Crippen LogP contribution in [0.25, 0.3) is 11.4 Å². The highest BCUT2D eigenvalue weighted by Crippen LogP contribution is 2.16. The Kier molecular flexibility index (Phi) is 5.28. The van der Waals surface area contributed by atoms with Crippen LogP contribution in [0, 0.1) is 0 Å². The van der Waals surface area contributed by atoms with Gasteiger partial charge < -0.3 is 4.52 Å². The molecule has 0 spiro atoms. The average molecular weight is 389 g/mol. The molecule has 0 radical (unpaired) electrons. The second-order valence-electron chi connectivity index (χ2n) is 6.24. The fraction of sp³-hybridized carbons (Fsp3) is 0.150. The van der Waals surface area contributed by atoms with E-state index in [4.69, 9.17) is 4.52 Å². The lowest BCUT2D eigenvalue weighted by Crippen LogP contribution is -2.30. The Balaban J connectivity index is 1.43. The monoisotopic (exact) mass is 389 g/mol. The molecule has 2 N–H and O–H groups in total. The van der Waals surface area contributed by atoms with Gasteiger partial charge in [-0.3, -0.25) is 19.9 Å². The van der Waals surface area contributed by atoms with Gasteiger partial charge in [-0.1, -0.05) is 42.4 Å². The van der Waals surface area contributed by atoms with E-state index in [0.29, 0.717) is 24.4 Å². The van der Waals surface area contributed by atoms with Crippen molar-refractivity contribution in [2.45, 2.75) is 19.9 Å². The van der Waals surface area contributed by atoms with E-state index >= 15 is 0 Å². The van der Waals surface area contributed by atoms with Gasteiger partial charge in [0.25, 0.3) is 5.91 Å². The van der Waals surface area contributed by atoms with E-state index in [1.165, 1.54) is 0 Å². The van der Waals surface area contributed by atoms with E-state index in [1.807, 2.05) is 41.9 Å². The minimum Gasteiger partial charge on any atom is -0.313 e. The molecule has 3 heterocycles. The smallest absolute Gasteiger partial charge is 0.313 e. The summed E-state index contributed by atoms with van der Waals surface area (Å²) in [6.07, 6.45) is 5.51. The lowest BCUT2D eigenvalue weighted by atomic mass is 10.2. The molecule has 146 valence electrons. The first kappa shape index (κ1) is 18.4. The zero-order valence-corrected chi connectivity index (χ0v) is 15.7. The normalized spacial score (nSPS) is 10.7. The van der Waals surface area contributed by atoms with Crippen molar-refractivity contribution >= 4 is 11.9 Å². The van der Waals surface area contributed by atoms with Crippen LogP contribution in [-0.4, -0.2) is 30.8 Å². The molecule has 0 aliphatic rings. The number of anilines is 1. The van der Waals surface area contributed by atoms with Gasteiger partial charge in [0.15, 0.2) is 0 Å². The van der Waals surface area contributed by atoms with Crippen LogP contribution in [0.3, 0.4) is 0 Å². The van der Waals surface area contributed by atoms with Crippen molar-refractivity contribution in [3.63, 3.8) is 0 Å². The number of pyridine rings is 1. The summed E-state index contributed by atoms with van der Waals surface area (Å²) >= 11 is 0. The predicted molar refractivity (Wildman–Crippen MR) is 106 cm³/mol. The Morgan fingerprint density at radius 3 is 2.69 bits per heavy atom. The number of nitrogens with one attached hydrogen (secondary N) is 2. The maximum atomic E-state index is 12.6. The van der Waals surface area contributed by atoms with Crippen LogP contribution >= 0.6 is 0 Å². The Labute approximate surface area is 166 Å². The summed E-state index contributed by atoms with van der Waals surface area (Å²) in [4.78, 5) is 20.8. The van der Waals surface area contributed by atoms with Crippen molar-refractivity contribution in [1.29, 1.82) is 0 Å². The molecule has 1 aromatic carbocycles. The molecule has 4 rings (SSSR count). The van der Waals surface area contributed by atoms with Gasteiger partial charge >= 0.3 is 6.01 Å². The highest BCUT2D eigenvalue weighted by atomic mass is 16.5. The van der Waals surface area contributed by atoms with Crippen LogP contribution in [0.5, 0.6) is 0 Å². The summed E-state index contributed by atoms with van der Waals surface area (Å²) < 4.78 is 6.95. The Hall–Kier alpha value is -4.01. The van der Waals surface area contributed by atoms with Crippen LogP contribution < -0.4 is 10.9 Å². The number of rotatable bonds is 7. The zero-order valence-electron chi connectivity index (χ0n) is 15.7. The van der Waals surface area contributed by atoms with Gasteiger partial charge in [0.2, 0.25) is 5.82 Å². The number of hydrogen-bond donors (Lipinski definition) is 2. The van der Waals surface area contributed by atoms with E-state index in [2.05, 4.69) is 31.1 Å². The molecule has 0 saturated carbocycles. The summed E-state index contributed by atoms with van der Waals surface area (Å²) in [6, 6.07) is 13.6. The van der Waals surface area contributed by atoms with E-state index in [0.717, 1.165) is 16.8 Å². The molecule has 0 fully saturated rings. The van der Waals surface area contributed by atoms with Crippen LogP contribution in [0.1, 0.15) is 28.5 Å². The Bertz CT molecular complexity index is 1090. The molecule has 0 atom stereocenters. The lowest BCUT2D eigenvalue weighted by molar-refractivity contribution is 0.0960. The molecular weight excluding hydrogens is 370 g/mol. The Morgan fingerprint density at radius 1 is 1.14 bits per heavy atom. The molecule has 0 saturated heterocycles. The van der Waals surface area contributed by atoms with E-state index in [9.17, 15) is 4.79 Å². The van der Waals surface area contributed by atoms with Crippen molar-refractivity contribution in [2.75, 3.05) is 5.43 Å². The molecule has 0 aliphatic heterocycles. The van der Waals surface area contributed by atoms with Crippen LogP contribution in [0.15, 0.2) is 65.6 Å². The van der Waals surface area contributed by atoms with Crippen molar-refractivity contribution < 1.29 is 9.32 Å². The number of benzene rings is 1. The zero-order chi connectivity index (χ0) is 20.1. The minimum absolute atomic E-state index is 0.0832. The maximum absolute atomic E-state index is 12.6. The number of hydrazine groups is 1. The number of aromatic nitrogens is 5. The molecule has 9 heteroatoms. The molecule has 29 heavy (non-hydrogen) atoms. The highest BCUT2D eigenvalue weighted by molar-refractivity contribution is 5.95. The van der Waals surface area contributed by atoms with Gasteiger partial charge in [0.05, 0.1) is 24.0 Å². The summed E-state index contributed by atoms with van der Waals surface area (Å²) in [7, 11) is 0. The Morgan fingerprint density at radius 2 is 1.93 bits per heavy atom. The van der Waals surface area contributed by atoms with Crippen LogP contribution in [0.2, 0.25) is 0 Å². The van der Waals surface area contributed by atoms with Crippen molar-refractivity contribution in [2.24, 2.45) is 0 Å². The summed E-state index contributed by atoms with van der Waals surface area (Å²) in [5.74, 6) is 0.0684. The molecule has 4 aromatic rings. The van der Waals surface area contributed by atoms with Gasteiger partial charge in [-0.05, 0) is 24.1 Å². The second-order valence-corrected chi connectivity index (χ2v) is 6.24. The van der Waals surface area contributed by atoms with Gasteiger partial charge in [0.1, 0.15) is 0 Å². The second kappa shape index (κ2) is 8.34. The SMILES string of the molecule is CCc1c(C(=O)NNc2nc(-c3ccncc3)no2)cnn1Cc1ccccc1. The summed E-state index contributed by atoms with van der Waals surface area (Å²) in [6.45, 7) is 2.59. The van der Waals surface area contributed by atoms with Crippen molar-refractivity contribution in [3.8, 4) is 11.4 Å². The molecular formula is C20H19N7O2. The molecule has 0 aliphatic carbocycles. The first-order chi connectivity index (χ1) is 14.2. The fourth-order valence-corrected chi connectivity index (χ4v) is 2.94. The molecule has 0 bridgehead atoms. The van der Waals surface area contributed by atoms with Crippen molar-refractivity contribution in [3.05, 3.63) is 77.9 Å². The van der Waals surface area contributed by atoms with Gasteiger partial charge in [-0.15, -0.1) is 0 Å². The summed E-state index contributed by atoms with van der Waals surface area (Å²) in [5.41, 5.74) is 8.44. The lowest BCUT2D eigenvalue weighted by Gasteiger charge is -2.08. The number of nitrogens with zero attached hydrogens (tertiary/aromatic N) is 5. The standard InChI is InChI=1S/C20H19N7O2/c1-2-17-16(12-22-27(17)13-14-6-4-3-5-7-14)19(28)24-25-20-23-18(26-29-20)15-8-10-21-11-9-15/h3-12H,2,13H2,1H3,(H,24,28)(H,23,25,26). The van der Waals surface area contributed by atoms with Gasteiger partial charge in [0, 0.05) is 18.0 Å². The first-order valence-corrected chi connectivity index (χ1v) is 9.13. The van der Waals surface area contributed by atoms with Crippen LogP contribution in [0.4, 0.5) is 6.01 Å². The molecule has 0 unspecified atom stereocenters. The number of carbonyl (C=O) groups excluding carboxylic acids is 1. The minimum atomic E-state index is -0.329. The fourth-order valence-electron chi connectivity index (χ4n) is 2.94. The third-order valence-corrected chi connectivity index (χ3v) is 4.35. The average Bonchev–Trinajstić information content (AvgIpc) is 3.40. The van der Waals surface area contributed by atoms with Crippen LogP contribution in [-0.2, 0) is 13.0 Å². The first-order valence-electron chi connectivity index (χ1n) is 9.13. The number of hydrogen-bond acceptors (Lipinski definition) is 7. The molecule has 3 aromatic heterocycles. The number of carbonyl (C=O) groups is 1. The molecule has 1 amide bonds. The third kappa shape index (κ3) is 4.13. The van der Waals surface area contributed by atoms with E-state index < -0.39 is 0 Å². The highest BCUT2D eigenvalue weighted by Gasteiger charge is 2.17. The van der Waals surface area contributed by atoms with E-state index in [-0.39, 0.29) is 11.9 Å². The quantitative estimate of drug-likeness (QED) is 0.468. The topological polar surface area (TPSA) is 111 Å². The van der Waals surface area contributed by atoms with Gasteiger partial charge in [-0.25, -0.2) is 5.43 Å².